The first kappa shape index (κ1) is 18.4. The third kappa shape index (κ3) is 3.12. The molecule has 2 saturated heterocycles. The number of urea groups is 1. The summed E-state index contributed by atoms with van der Waals surface area (Å²) in [5.74, 6) is -0.815. The fraction of sp³-hybridized carbons (Fsp3) is 0.556. The zero-order valence-electron chi connectivity index (χ0n) is 14.9. The number of hydrogen-bond donors (Lipinski definition) is 0. The number of hydrogen-bond acceptors (Lipinski definition) is 4. The normalized spacial score (nSPS) is 25.1. The maximum absolute atomic E-state index is 13.1. The van der Waals surface area contributed by atoms with Crippen LogP contribution in [0, 0.1) is 5.82 Å². The molecule has 0 aromatic heterocycles. The van der Waals surface area contributed by atoms with Gasteiger partial charge >= 0.3 is 6.03 Å². The van der Waals surface area contributed by atoms with Gasteiger partial charge in [0, 0.05) is 25.7 Å². The Balaban J connectivity index is 1.55. The number of amides is 3. The summed E-state index contributed by atoms with van der Waals surface area (Å²) in [5, 5.41) is 0. The molecule has 0 radical (unpaired) electrons. The number of carbonyl (C=O) groups is 2. The van der Waals surface area contributed by atoms with E-state index in [4.69, 9.17) is 0 Å². The second-order valence-corrected chi connectivity index (χ2v) is 9.25. The molecule has 0 spiro atoms. The third-order valence-electron chi connectivity index (χ3n) is 5.71. The first-order chi connectivity index (χ1) is 12.9. The molecule has 27 heavy (non-hydrogen) atoms. The molecule has 3 fully saturated rings. The highest BCUT2D eigenvalue weighted by Crippen LogP contribution is 2.31. The van der Waals surface area contributed by atoms with Crippen LogP contribution in [0.15, 0.2) is 29.2 Å². The molecule has 0 bridgehead atoms. The van der Waals surface area contributed by atoms with E-state index in [0.29, 0.717) is 0 Å². The number of rotatable bonds is 3. The van der Waals surface area contributed by atoms with Gasteiger partial charge in [-0.15, -0.1) is 0 Å². The number of piperazine rings is 1. The highest BCUT2D eigenvalue weighted by molar-refractivity contribution is 7.89. The third-order valence-corrected chi connectivity index (χ3v) is 7.59. The highest BCUT2D eigenvalue weighted by atomic mass is 32.2. The fourth-order valence-corrected chi connectivity index (χ4v) is 5.68. The number of benzene rings is 1. The Hall–Kier alpha value is -2.00. The maximum Gasteiger partial charge on any atom is 0.327 e. The van der Waals surface area contributed by atoms with E-state index in [0.717, 1.165) is 44.2 Å². The lowest BCUT2D eigenvalue weighted by Gasteiger charge is -2.34. The predicted molar refractivity (Wildman–Crippen MR) is 94.8 cm³/mol. The van der Waals surface area contributed by atoms with Crippen LogP contribution in [0.3, 0.4) is 0 Å². The zero-order chi connectivity index (χ0) is 19.2. The van der Waals surface area contributed by atoms with E-state index in [1.165, 1.54) is 26.2 Å². The SMILES string of the molecule is O=C1C2CN(S(=O)(=O)c3ccc(F)cc3)CCN2C(=O)N1C1CCCCC1. The van der Waals surface area contributed by atoms with Gasteiger partial charge < -0.3 is 4.90 Å². The van der Waals surface area contributed by atoms with Crippen LogP contribution in [-0.4, -0.2) is 66.2 Å². The van der Waals surface area contributed by atoms with E-state index < -0.39 is 21.9 Å². The number of nitrogens with zero attached hydrogens (tertiary/aromatic N) is 3. The molecule has 1 atom stereocenters. The average molecular weight is 395 g/mol. The number of carbonyl (C=O) groups excluding carboxylic acids is 2. The summed E-state index contributed by atoms with van der Waals surface area (Å²) in [6, 6.07) is 3.47. The highest BCUT2D eigenvalue weighted by Gasteiger charge is 2.51. The average Bonchev–Trinajstić information content (AvgIpc) is 2.93. The van der Waals surface area contributed by atoms with Gasteiger partial charge in [-0.2, -0.15) is 4.31 Å². The molecule has 7 nitrogen and oxygen atoms in total. The summed E-state index contributed by atoms with van der Waals surface area (Å²) in [4.78, 5) is 28.5. The Morgan fingerprint density at radius 1 is 0.963 bits per heavy atom. The van der Waals surface area contributed by atoms with Crippen LogP contribution in [0.5, 0.6) is 0 Å². The summed E-state index contributed by atoms with van der Waals surface area (Å²) in [6.45, 7) is 0.236. The van der Waals surface area contributed by atoms with Gasteiger partial charge in [0.2, 0.25) is 10.0 Å². The number of fused-ring (bicyclic) bond motifs is 1. The quantitative estimate of drug-likeness (QED) is 0.731. The van der Waals surface area contributed by atoms with Gasteiger partial charge in [0.25, 0.3) is 5.91 Å². The van der Waals surface area contributed by atoms with Crippen molar-refractivity contribution >= 4 is 22.0 Å². The van der Waals surface area contributed by atoms with E-state index in [1.807, 2.05) is 0 Å². The molecule has 1 aromatic carbocycles. The van der Waals surface area contributed by atoms with Crippen molar-refractivity contribution in [3.63, 3.8) is 0 Å². The van der Waals surface area contributed by atoms with Crippen molar-refractivity contribution in [3.8, 4) is 0 Å². The molecule has 1 unspecified atom stereocenters. The van der Waals surface area contributed by atoms with Crippen molar-refractivity contribution in [1.29, 1.82) is 0 Å². The molecule has 9 heteroatoms. The van der Waals surface area contributed by atoms with Crippen molar-refractivity contribution in [2.75, 3.05) is 19.6 Å². The van der Waals surface area contributed by atoms with Gasteiger partial charge in [-0.05, 0) is 37.1 Å². The Morgan fingerprint density at radius 2 is 1.63 bits per heavy atom. The summed E-state index contributed by atoms with van der Waals surface area (Å²) in [5.41, 5.74) is 0. The smallest absolute Gasteiger partial charge is 0.310 e. The summed E-state index contributed by atoms with van der Waals surface area (Å²) >= 11 is 0. The molecule has 2 heterocycles. The Morgan fingerprint density at radius 3 is 2.30 bits per heavy atom. The minimum atomic E-state index is -3.84. The molecule has 1 aromatic rings. The van der Waals surface area contributed by atoms with Crippen molar-refractivity contribution < 1.29 is 22.4 Å². The van der Waals surface area contributed by atoms with Crippen LogP contribution in [0.4, 0.5) is 9.18 Å². The minimum absolute atomic E-state index is 0.0155. The fourth-order valence-electron chi connectivity index (χ4n) is 4.24. The number of halogens is 1. The first-order valence-corrected chi connectivity index (χ1v) is 10.7. The maximum atomic E-state index is 13.1. The van der Waals surface area contributed by atoms with E-state index in [1.54, 1.807) is 0 Å². The van der Waals surface area contributed by atoms with Crippen LogP contribution in [0.2, 0.25) is 0 Å². The monoisotopic (exact) mass is 395 g/mol. The standard InChI is InChI=1S/C18H22FN3O4S/c19-13-6-8-15(9-7-13)27(25,26)20-10-11-21-16(12-20)17(23)22(18(21)24)14-4-2-1-3-5-14/h6-9,14,16H,1-5,10-12H2. The molecule has 3 aliphatic rings. The van der Waals surface area contributed by atoms with Crippen LogP contribution in [0.1, 0.15) is 32.1 Å². The Kier molecular flexibility index (Phi) is 4.67. The Bertz CT molecular complexity index is 852. The lowest BCUT2D eigenvalue weighted by Crippen LogP contribution is -2.54. The van der Waals surface area contributed by atoms with E-state index >= 15 is 0 Å². The molecule has 3 amide bonds. The van der Waals surface area contributed by atoms with E-state index in [-0.39, 0.29) is 42.5 Å². The summed E-state index contributed by atoms with van der Waals surface area (Å²) in [7, 11) is -3.84. The molecular formula is C18H22FN3O4S. The van der Waals surface area contributed by atoms with Gasteiger partial charge in [-0.3, -0.25) is 9.69 Å². The number of imide groups is 1. The molecule has 146 valence electrons. The summed E-state index contributed by atoms with van der Waals surface area (Å²) < 4.78 is 40.0. The van der Waals surface area contributed by atoms with Crippen LogP contribution >= 0.6 is 0 Å². The number of sulfonamides is 1. The van der Waals surface area contributed by atoms with Gasteiger partial charge in [0.15, 0.2) is 0 Å². The summed E-state index contributed by atoms with van der Waals surface area (Å²) in [6.07, 6.45) is 4.74. The van der Waals surface area contributed by atoms with Crippen LogP contribution < -0.4 is 0 Å². The minimum Gasteiger partial charge on any atom is -0.310 e. The predicted octanol–water partition coefficient (Wildman–Crippen LogP) is 1.80. The van der Waals surface area contributed by atoms with Crippen molar-refractivity contribution in [1.82, 2.24) is 14.1 Å². The molecular weight excluding hydrogens is 373 g/mol. The van der Waals surface area contributed by atoms with Gasteiger partial charge in [-0.1, -0.05) is 19.3 Å². The second-order valence-electron chi connectivity index (χ2n) is 7.31. The van der Waals surface area contributed by atoms with Crippen LogP contribution in [-0.2, 0) is 14.8 Å². The second kappa shape index (κ2) is 6.87. The first-order valence-electron chi connectivity index (χ1n) is 9.29. The molecule has 0 N–H and O–H groups in total. The van der Waals surface area contributed by atoms with E-state index in [9.17, 15) is 22.4 Å². The van der Waals surface area contributed by atoms with E-state index in [2.05, 4.69) is 0 Å². The molecule has 4 rings (SSSR count). The Labute approximate surface area is 157 Å². The van der Waals surface area contributed by atoms with Crippen LogP contribution in [0.25, 0.3) is 0 Å². The molecule has 1 aliphatic carbocycles. The molecule has 1 saturated carbocycles. The van der Waals surface area contributed by atoms with Crippen molar-refractivity contribution in [2.24, 2.45) is 0 Å². The lowest BCUT2D eigenvalue weighted by atomic mass is 9.94. The van der Waals surface area contributed by atoms with Crippen molar-refractivity contribution in [2.45, 2.75) is 49.1 Å². The van der Waals surface area contributed by atoms with Gasteiger partial charge in [-0.25, -0.2) is 17.6 Å². The largest absolute Gasteiger partial charge is 0.327 e. The molecule has 2 aliphatic heterocycles. The zero-order valence-corrected chi connectivity index (χ0v) is 15.7. The lowest BCUT2D eigenvalue weighted by molar-refractivity contribution is -0.130. The van der Waals surface area contributed by atoms with Gasteiger partial charge in [0.1, 0.15) is 11.9 Å². The van der Waals surface area contributed by atoms with Gasteiger partial charge in [0.05, 0.1) is 4.90 Å². The topological polar surface area (TPSA) is 78.0 Å². The van der Waals surface area contributed by atoms with Crippen molar-refractivity contribution in [3.05, 3.63) is 30.1 Å².